The summed E-state index contributed by atoms with van der Waals surface area (Å²) in [4.78, 5) is 2.52. The second kappa shape index (κ2) is 10.8. The summed E-state index contributed by atoms with van der Waals surface area (Å²) >= 11 is 0. The summed E-state index contributed by atoms with van der Waals surface area (Å²) in [7, 11) is 0. The van der Waals surface area contributed by atoms with Gasteiger partial charge in [-0.1, -0.05) is 61.5 Å². The molecule has 0 spiro atoms. The lowest BCUT2D eigenvalue weighted by atomic mass is 10.0. The molecule has 1 aliphatic rings. The van der Waals surface area contributed by atoms with Crippen LogP contribution in [-0.4, -0.2) is 24.5 Å². The quantitative estimate of drug-likeness (QED) is 0.571. The number of benzene rings is 2. The van der Waals surface area contributed by atoms with Gasteiger partial charge in [-0.3, -0.25) is 0 Å². The molecule has 0 aromatic heterocycles. The maximum atomic E-state index is 14.0. The zero-order chi connectivity index (χ0) is 19.5. The van der Waals surface area contributed by atoms with Crippen LogP contribution >= 0.6 is 0 Å². The Kier molecular flexibility index (Phi) is 8.48. The third kappa shape index (κ3) is 7.15. The van der Waals surface area contributed by atoms with Gasteiger partial charge < -0.3 is 4.90 Å². The Labute approximate surface area is 163 Å². The highest BCUT2D eigenvalue weighted by Gasteiger charge is 2.44. The van der Waals surface area contributed by atoms with Crippen molar-refractivity contribution >= 4 is 0 Å². The Hall–Kier alpha value is -2.18. The Balaban J connectivity index is 0.000000817. The van der Waals surface area contributed by atoms with Crippen LogP contribution in [0.15, 0.2) is 54.6 Å². The van der Waals surface area contributed by atoms with Crippen LogP contribution in [0.25, 0.3) is 0 Å². The van der Waals surface area contributed by atoms with Crippen molar-refractivity contribution in [2.45, 2.75) is 51.6 Å². The van der Waals surface area contributed by atoms with E-state index in [1.165, 1.54) is 18.1 Å². The zero-order valence-electron chi connectivity index (χ0n) is 16.6. The van der Waals surface area contributed by atoms with E-state index in [9.17, 15) is 4.39 Å². The molecule has 0 atom stereocenters. The third-order valence-electron chi connectivity index (χ3n) is 5.11. The van der Waals surface area contributed by atoms with Crippen molar-refractivity contribution in [1.82, 2.24) is 4.90 Å². The average Bonchev–Trinajstić information content (AvgIpc) is 3.45. The highest BCUT2D eigenvalue weighted by Crippen LogP contribution is 2.49. The normalized spacial score (nSPS) is 14.2. The molecule has 0 bridgehead atoms. The number of alkyl halides is 1. The fourth-order valence-corrected chi connectivity index (χ4v) is 3.24. The molecular weight excluding hydrogens is 335 g/mol. The molecule has 144 valence electrons. The van der Waals surface area contributed by atoms with E-state index in [-0.39, 0.29) is 0 Å². The summed E-state index contributed by atoms with van der Waals surface area (Å²) in [6, 6.07) is 20.6. The molecule has 1 aliphatic carbocycles. The molecule has 1 fully saturated rings. The zero-order valence-corrected chi connectivity index (χ0v) is 16.6. The van der Waals surface area contributed by atoms with Crippen LogP contribution in [-0.2, 0) is 18.5 Å². The van der Waals surface area contributed by atoms with Crippen LogP contribution < -0.4 is 0 Å². The Bertz CT molecular complexity index is 699. The predicted molar refractivity (Wildman–Crippen MR) is 110 cm³/mol. The molecule has 1 saturated carbocycles. The van der Waals surface area contributed by atoms with Gasteiger partial charge in [-0.25, -0.2) is 4.39 Å². The minimum atomic E-state index is -1.00. The van der Waals surface area contributed by atoms with Gasteiger partial charge in [-0.2, -0.15) is 5.26 Å². The molecule has 2 aromatic rings. The van der Waals surface area contributed by atoms with Crippen molar-refractivity contribution in [3.05, 3.63) is 71.3 Å². The van der Waals surface area contributed by atoms with Crippen LogP contribution in [0, 0.1) is 11.3 Å². The van der Waals surface area contributed by atoms with Gasteiger partial charge in [-0.15, -0.1) is 0 Å². The summed E-state index contributed by atoms with van der Waals surface area (Å²) in [5.74, 6) is 0. The lowest BCUT2D eigenvalue weighted by Crippen LogP contribution is -2.27. The highest BCUT2D eigenvalue weighted by molar-refractivity contribution is 5.30. The van der Waals surface area contributed by atoms with Crippen LogP contribution in [0.3, 0.4) is 0 Å². The first-order chi connectivity index (χ1) is 13.1. The van der Waals surface area contributed by atoms with Gasteiger partial charge in [0.1, 0.15) is 5.67 Å². The fourth-order valence-electron chi connectivity index (χ4n) is 3.24. The number of nitriles is 1. The molecule has 0 heterocycles. The molecule has 3 heteroatoms. The second-order valence-electron chi connectivity index (χ2n) is 7.16. The Morgan fingerprint density at radius 3 is 2.11 bits per heavy atom. The largest absolute Gasteiger partial charge is 0.303 e. The number of hydrogen-bond acceptors (Lipinski definition) is 2. The molecule has 2 aromatic carbocycles. The number of likely N-dealkylation sites (N-methyl/N-ethyl adjacent to an activating group) is 1. The second-order valence-corrected chi connectivity index (χ2v) is 7.16. The first-order valence-electron chi connectivity index (χ1n) is 9.96. The molecule has 27 heavy (non-hydrogen) atoms. The maximum absolute atomic E-state index is 14.0. The Morgan fingerprint density at radius 2 is 1.56 bits per heavy atom. The molecule has 0 unspecified atom stereocenters. The van der Waals surface area contributed by atoms with Crippen molar-refractivity contribution in [3.63, 3.8) is 0 Å². The summed E-state index contributed by atoms with van der Waals surface area (Å²) in [5.41, 5.74) is 2.59. The molecular formula is C24H31FN2. The van der Waals surface area contributed by atoms with Gasteiger partial charge in [0.05, 0.1) is 6.07 Å². The van der Waals surface area contributed by atoms with E-state index >= 15 is 0 Å². The number of rotatable bonds is 9. The number of aryl methyl sites for hydroxylation is 1. The van der Waals surface area contributed by atoms with Crippen LogP contribution in [0.5, 0.6) is 0 Å². The summed E-state index contributed by atoms with van der Waals surface area (Å²) in [6.45, 7) is 6.99. The minimum absolute atomic E-state index is 0.694. The minimum Gasteiger partial charge on any atom is -0.303 e. The van der Waals surface area contributed by atoms with Crippen LogP contribution in [0.4, 0.5) is 4.39 Å². The van der Waals surface area contributed by atoms with Crippen molar-refractivity contribution in [2.75, 3.05) is 19.6 Å². The van der Waals surface area contributed by atoms with Gasteiger partial charge in [0.25, 0.3) is 0 Å². The topological polar surface area (TPSA) is 27.0 Å². The van der Waals surface area contributed by atoms with E-state index in [1.807, 2.05) is 12.1 Å². The molecule has 0 saturated heterocycles. The number of halogens is 1. The molecule has 2 nitrogen and oxygen atoms in total. The summed E-state index contributed by atoms with van der Waals surface area (Å²) in [5, 5.41) is 7.32. The van der Waals surface area contributed by atoms with Gasteiger partial charge >= 0.3 is 0 Å². The summed E-state index contributed by atoms with van der Waals surface area (Å²) in [6.07, 6.45) is 4.73. The van der Waals surface area contributed by atoms with Crippen LogP contribution in [0.1, 0.15) is 49.8 Å². The lowest BCUT2D eigenvalue weighted by molar-refractivity contribution is 0.288. The number of nitrogens with zero attached hydrogens (tertiary/aromatic N) is 2. The van der Waals surface area contributed by atoms with E-state index in [4.69, 9.17) is 5.26 Å². The van der Waals surface area contributed by atoms with Crippen molar-refractivity contribution in [2.24, 2.45) is 0 Å². The van der Waals surface area contributed by atoms with Crippen LogP contribution in [0.2, 0.25) is 0 Å². The van der Waals surface area contributed by atoms with Gasteiger partial charge in [0.2, 0.25) is 0 Å². The van der Waals surface area contributed by atoms with Gasteiger partial charge in [0, 0.05) is 13.5 Å². The fraction of sp³-hybridized carbons (Fsp3) is 0.458. The molecule has 0 radical (unpaired) electrons. The van der Waals surface area contributed by atoms with Gasteiger partial charge in [0.15, 0.2) is 0 Å². The van der Waals surface area contributed by atoms with Crippen molar-refractivity contribution < 1.29 is 4.39 Å². The van der Waals surface area contributed by atoms with Crippen molar-refractivity contribution in [1.29, 1.82) is 5.26 Å². The highest BCUT2D eigenvalue weighted by atomic mass is 19.1. The molecule has 0 aliphatic heterocycles. The maximum Gasteiger partial charge on any atom is 0.136 e. The molecule has 0 amide bonds. The Morgan fingerprint density at radius 1 is 0.963 bits per heavy atom. The number of hydrogen-bond donors (Lipinski definition) is 0. The molecule has 3 rings (SSSR count). The molecule has 0 N–H and O–H groups in total. The van der Waals surface area contributed by atoms with E-state index in [0.717, 1.165) is 44.5 Å². The first-order valence-corrected chi connectivity index (χ1v) is 9.96. The van der Waals surface area contributed by atoms with E-state index in [0.29, 0.717) is 12.8 Å². The SMILES string of the molecule is CC#N.CCN(CCCc1ccc(C2(F)CC2)cc1)CCc1ccccc1. The van der Waals surface area contributed by atoms with E-state index in [1.54, 1.807) is 6.07 Å². The predicted octanol–water partition coefficient (Wildman–Crippen LogP) is 5.67. The monoisotopic (exact) mass is 366 g/mol. The first kappa shape index (κ1) is 21.1. The third-order valence-corrected chi connectivity index (χ3v) is 5.11. The van der Waals surface area contributed by atoms with E-state index < -0.39 is 5.67 Å². The lowest BCUT2D eigenvalue weighted by Gasteiger charge is -2.20. The van der Waals surface area contributed by atoms with Crippen molar-refractivity contribution in [3.8, 4) is 6.07 Å². The van der Waals surface area contributed by atoms with E-state index in [2.05, 4.69) is 54.3 Å². The average molecular weight is 367 g/mol. The van der Waals surface area contributed by atoms with Gasteiger partial charge in [-0.05, 0) is 61.9 Å². The smallest absolute Gasteiger partial charge is 0.136 e. The standard InChI is InChI=1S/C22H28FN.C2H3N/c1-2-24(18-14-19-7-4-3-5-8-19)17-6-9-20-10-12-21(13-11-20)22(23)15-16-22;1-2-3/h3-5,7-8,10-13H,2,6,9,14-18H2,1H3;1H3. The summed E-state index contributed by atoms with van der Waals surface area (Å²) < 4.78 is 14.0.